The summed E-state index contributed by atoms with van der Waals surface area (Å²) in [4.78, 5) is 3.73. The lowest BCUT2D eigenvalue weighted by Crippen LogP contribution is -2.53. The normalized spacial score (nSPS) is 13.3. The Labute approximate surface area is 197 Å². The number of alkyl halides is 2. The molecule has 1 atom stereocenters. The molecule has 0 aliphatic rings. The molecule has 0 saturated carbocycles. The van der Waals surface area contributed by atoms with Gasteiger partial charge in [-0.05, 0) is 42.5 Å². The number of hydrogen-bond donors (Lipinski definition) is 3. The Bertz CT molecular complexity index is 1230. The number of nitriles is 1. The number of ether oxygens (including phenoxy) is 1. The van der Waals surface area contributed by atoms with Gasteiger partial charge in [0.25, 0.3) is 0 Å². The maximum absolute atomic E-state index is 15.6. The fraction of sp³-hybridized carbons (Fsp3) is 0.174. The largest absolute Gasteiger partial charge is 0.489 e. The molecule has 1 aromatic heterocycles. The van der Waals surface area contributed by atoms with Crippen molar-refractivity contribution in [2.45, 2.75) is 18.1 Å². The van der Waals surface area contributed by atoms with Crippen molar-refractivity contribution >= 4 is 6.34 Å². The first-order valence-electron chi connectivity index (χ1n) is 9.99. The van der Waals surface area contributed by atoms with E-state index in [-0.39, 0.29) is 6.61 Å². The molecule has 0 spiro atoms. The zero-order chi connectivity index (χ0) is 25.6. The SMILES string of the molecule is N#Cc1ccc(OCc2ccc(C(F)(F)C(O)(CN(N)/C=N\N)c3ccc(F)cc3F)nc2)cc1. The number of nitrogens with zero attached hydrogens (tertiary/aromatic N) is 4. The molecule has 0 saturated heterocycles. The molecule has 1 unspecified atom stereocenters. The molecule has 5 N–H and O–H groups in total. The number of pyridine rings is 1. The van der Waals surface area contributed by atoms with E-state index in [1.54, 1.807) is 24.3 Å². The van der Waals surface area contributed by atoms with Crippen molar-refractivity contribution in [2.24, 2.45) is 16.8 Å². The Balaban J connectivity index is 1.89. The highest BCUT2D eigenvalue weighted by molar-refractivity contribution is 5.53. The first kappa shape index (κ1) is 25.4. The van der Waals surface area contributed by atoms with Crippen molar-refractivity contribution in [3.63, 3.8) is 0 Å². The van der Waals surface area contributed by atoms with Crippen molar-refractivity contribution in [1.82, 2.24) is 9.99 Å². The molecule has 12 heteroatoms. The molecule has 2 aromatic carbocycles. The number of benzene rings is 2. The monoisotopic (exact) mass is 488 g/mol. The minimum atomic E-state index is -4.20. The molecule has 1 heterocycles. The van der Waals surface area contributed by atoms with Crippen LogP contribution >= 0.6 is 0 Å². The number of aromatic nitrogens is 1. The zero-order valence-corrected chi connectivity index (χ0v) is 18.1. The summed E-state index contributed by atoms with van der Waals surface area (Å²) in [7, 11) is 0. The first-order chi connectivity index (χ1) is 16.6. The zero-order valence-electron chi connectivity index (χ0n) is 18.1. The number of rotatable bonds is 9. The average Bonchev–Trinajstić information content (AvgIpc) is 2.83. The molecule has 0 bridgehead atoms. The minimum absolute atomic E-state index is 0.0227. The molecule has 8 nitrogen and oxygen atoms in total. The Kier molecular flexibility index (Phi) is 7.53. The van der Waals surface area contributed by atoms with Crippen molar-refractivity contribution < 1.29 is 27.4 Å². The highest BCUT2D eigenvalue weighted by Gasteiger charge is 2.58. The number of nitrogens with two attached hydrogens (primary N) is 2. The van der Waals surface area contributed by atoms with Gasteiger partial charge in [-0.1, -0.05) is 6.07 Å². The molecule has 0 aliphatic carbocycles. The van der Waals surface area contributed by atoms with Gasteiger partial charge >= 0.3 is 5.92 Å². The molecular formula is C23H20F4N6O2. The van der Waals surface area contributed by atoms with Gasteiger partial charge in [-0.2, -0.15) is 19.1 Å². The quantitative estimate of drug-likeness (QED) is 0.139. The summed E-state index contributed by atoms with van der Waals surface area (Å²) in [6, 6.07) is 12.3. The molecule has 0 radical (unpaired) electrons. The van der Waals surface area contributed by atoms with Crippen LogP contribution in [0, 0.1) is 23.0 Å². The topological polar surface area (TPSA) is 134 Å². The fourth-order valence-electron chi connectivity index (χ4n) is 3.27. The van der Waals surface area contributed by atoms with Gasteiger partial charge in [0, 0.05) is 23.4 Å². The molecule has 182 valence electrons. The van der Waals surface area contributed by atoms with Crippen LogP contribution in [0.1, 0.15) is 22.4 Å². The highest BCUT2D eigenvalue weighted by atomic mass is 19.3. The van der Waals surface area contributed by atoms with Gasteiger partial charge in [-0.25, -0.2) is 14.6 Å². The van der Waals surface area contributed by atoms with Crippen LogP contribution in [0.5, 0.6) is 5.75 Å². The van der Waals surface area contributed by atoms with E-state index in [0.29, 0.717) is 34.0 Å². The second-order valence-electron chi connectivity index (χ2n) is 7.47. The third-order valence-corrected chi connectivity index (χ3v) is 5.06. The molecule has 3 rings (SSSR count). The number of hydrazone groups is 1. The summed E-state index contributed by atoms with van der Waals surface area (Å²) in [5, 5.41) is 23.5. The maximum Gasteiger partial charge on any atom is 0.323 e. The van der Waals surface area contributed by atoms with E-state index in [0.717, 1.165) is 24.7 Å². The molecule has 35 heavy (non-hydrogen) atoms. The third-order valence-electron chi connectivity index (χ3n) is 5.06. The average molecular weight is 488 g/mol. The van der Waals surface area contributed by atoms with E-state index in [1.165, 1.54) is 6.07 Å². The van der Waals surface area contributed by atoms with Crippen LogP contribution in [-0.2, 0) is 18.1 Å². The Morgan fingerprint density at radius 3 is 2.43 bits per heavy atom. The molecule has 0 amide bonds. The van der Waals surface area contributed by atoms with Crippen molar-refractivity contribution in [3.05, 3.63) is 94.8 Å². The van der Waals surface area contributed by atoms with E-state index >= 15 is 8.78 Å². The van der Waals surface area contributed by atoms with Crippen LogP contribution in [-0.4, -0.2) is 28.0 Å². The standard InChI is InChI=1S/C23H20F4N6O2/c24-17-4-7-19(20(25)9-17)22(34,13-33(30)14-32-29)23(26,27)21-8-3-16(11-31-21)12-35-18-5-1-15(10-28)2-6-18/h1-9,11,14,34H,12-13,29-30H2/b32-14-. The summed E-state index contributed by atoms with van der Waals surface area (Å²) in [5.74, 6) is 4.36. The van der Waals surface area contributed by atoms with E-state index < -0.39 is 41.0 Å². The van der Waals surface area contributed by atoms with Gasteiger partial charge in [0.05, 0.1) is 18.2 Å². The van der Waals surface area contributed by atoms with E-state index in [1.807, 2.05) is 6.07 Å². The van der Waals surface area contributed by atoms with Gasteiger partial charge in [0.2, 0.25) is 0 Å². The molecule has 3 aromatic rings. The number of hydrazine groups is 1. The lowest BCUT2D eigenvalue weighted by atomic mass is 9.84. The lowest BCUT2D eigenvalue weighted by Gasteiger charge is -2.37. The maximum atomic E-state index is 15.6. The summed E-state index contributed by atoms with van der Waals surface area (Å²) in [6.45, 7) is -1.08. The van der Waals surface area contributed by atoms with Crippen molar-refractivity contribution in [3.8, 4) is 11.8 Å². The van der Waals surface area contributed by atoms with Crippen LogP contribution in [0.15, 0.2) is 65.9 Å². The lowest BCUT2D eigenvalue weighted by molar-refractivity contribution is -0.203. The van der Waals surface area contributed by atoms with E-state index in [9.17, 15) is 13.9 Å². The molecule has 0 fully saturated rings. The van der Waals surface area contributed by atoms with Crippen LogP contribution < -0.4 is 16.4 Å². The predicted octanol–water partition coefficient (Wildman–Crippen LogP) is 2.87. The Morgan fingerprint density at radius 2 is 1.86 bits per heavy atom. The van der Waals surface area contributed by atoms with Crippen LogP contribution in [0.4, 0.5) is 17.6 Å². The minimum Gasteiger partial charge on any atom is -0.489 e. The van der Waals surface area contributed by atoms with Gasteiger partial charge in [0.1, 0.15) is 36.0 Å². The summed E-state index contributed by atoms with van der Waals surface area (Å²) in [6.07, 6.45) is 1.86. The highest BCUT2D eigenvalue weighted by Crippen LogP contribution is 2.46. The number of halogens is 4. The Morgan fingerprint density at radius 1 is 1.14 bits per heavy atom. The van der Waals surface area contributed by atoms with Gasteiger partial charge in [0.15, 0.2) is 5.60 Å². The van der Waals surface area contributed by atoms with Crippen LogP contribution in [0.25, 0.3) is 0 Å². The van der Waals surface area contributed by atoms with Crippen molar-refractivity contribution in [2.75, 3.05) is 6.54 Å². The van der Waals surface area contributed by atoms with Crippen LogP contribution in [0.3, 0.4) is 0 Å². The second-order valence-corrected chi connectivity index (χ2v) is 7.47. The van der Waals surface area contributed by atoms with Crippen molar-refractivity contribution in [1.29, 1.82) is 5.26 Å². The Hall–Kier alpha value is -4.21. The van der Waals surface area contributed by atoms with E-state index in [4.69, 9.17) is 21.7 Å². The smallest absolute Gasteiger partial charge is 0.323 e. The summed E-state index contributed by atoms with van der Waals surface area (Å²) < 4.78 is 64.7. The van der Waals surface area contributed by atoms with E-state index in [2.05, 4.69) is 10.1 Å². The number of hydrogen-bond acceptors (Lipinski definition) is 7. The predicted molar refractivity (Wildman–Crippen MR) is 117 cm³/mol. The third kappa shape index (κ3) is 5.48. The molecular weight excluding hydrogens is 468 g/mol. The van der Waals surface area contributed by atoms with Gasteiger partial charge in [-0.3, -0.25) is 9.99 Å². The van der Waals surface area contributed by atoms with Gasteiger partial charge < -0.3 is 15.7 Å². The summed E-state index contributed by atoms with van der Waals surface area (Å²) in [5.41, 5.74) is -4.22. The number of aliphatic hydroxyl groups is 1. The summed E-state index contributed by atoms with van der Waals surface area (Å²) >= 11 is 0. The second kappa shape index (κ2) is 10.4. The fourth-order valence-corrected chi connectivity index (χ4v) is 3.27. The molecule has 0 aliphatic heterocycles. The van der Waals surface area contributed by atoms with Gasteiger partial charge in [-0.15, -0.1) is 0 Å². The first-order valence-corrected chi connectivity index (χ1v) is 9.99. The van der Waals surface area contributed by atoms with Crippen LogP contribution in [0.2, 0.25) is 0 Å².